The van der Waals surface area contributed by atoms with Crippen molar-refractivity contribution in [2.75, 3.05) is 11.1 Å². The second kappa shape index (κ2) is 5.28. The average molecular weight is 270 g/mol. The summed E-state index contributed by atoms with van der Waals surface area (Å²) < 4.78 is 5.66. The molecule has 0 unspecified atom stereocenters. The molecule has 17 heavy (non-hydrogen) atoms. The smallest absolute Gasteiger partial charge is 0.237 e. The molecule has 0 aliphatic rings. The first-order valence-corrected chi connectivity index (χ1v) is 6.60. The van der Waals surface area contributed by atoms with Crippen LogP contribution in [0, 0.1) is 13.8 Å². The molecule has 2 aromatic heterocycles. The Labute approximate surface area is 106 Å². The third-order valence-corrected chi connectivity index (χ3v) is 3.70. The monoisotopic (exact) mass is 270 g/mol. The maximum Gasteiger partial charge on any atom is 0.237 e. The second-order valence-electron chi connectivity index (χ2n) is 3.26. The second-order valence-corrected chi connectivity index (χ2v) is 5.66. The molecule has 0 atom stereocenters. The highest BCUT2D eigenvalue weighted by molar-refractivity contribution is 8.01. The number of hydrogen-bond acceptors (Lipinski definition) is 7. The lowest BCUT2D eigenvalue weighted by molar-refractivity contribution is -0.113. The van der Waals surface area contributed by atoms with Gasteiger partial charge in [-0.3, -0.25) is 10.1 Å². The minimum Gasteiger partial charge on any atom is -0.338 e. The van der Waals surface area contributed by atoms with Crippen LogP contribution >= 0.6 is 23.1 Å². The molecule has 1 amide bonds. The van der Waals surface area contributed by atoms with E-state index in [4.69, 9.17) is 4.52 Å². The Morgan fingerprint density at radius 2 is 2.35 bits per heavy atom. The zero-order valence-electron chi connectivity index (χ0n) is 9.26. The van der Waals surface area contributed by atoms with Crippen LogP contribution in [0.3, 0.4) is 0 Å². The Morgan fingerprint density at radius 3 is 2.94 bits per heavy atom. The van der Waals surface area contributed by atoms with Gasteiger partial charge < -0.3 is 4.52 Å². The van der Waals surface area contributed by atoms with E-state index in [1.807, 2.05) is 6.92 Å². The van der Waals surface area contributed by atoms with Gasteiger partial charge in [0.05, 0.1) is 11.4 Å². The standard InChI is InChI=1S/C9H10N4O2S2/c1-5-3-8(15-13-5)10-7(14)4-16-9-12-11-6(2)17-9/h3H,4H2,1-2H3,(H,10,14). The van der Waals surface area contributed by atoms with Crippen molar-refractivity contribution < 1.29 is 9.32 Å². The predicted octanol–water partition coefficient (Wildman–Crippen LogP) is 1.87. The molecule has 0 saturated carbocycles. The molecule has 0 aliphatic heterocycles. The highest BCUT2D eigenvalue weighted by Crippen LogP contribution is 2.21. The van der Waals surface area contributed by atoms with Crippen molar-refractivity contribution in [3.8, 4) is 0 Å². The lowest BCUT2D eigenvalue weighted by atomic mass is 10.5. The Kier molecular flexibility index (Phi) is 3.75. The van der Waals surface area contributed by atoms with Crippen molar-refractivity contribution in [2.45, 2.75) is 18.2 Å². The number of nitrogens with zero attached hydrogens (tertiary/aromatic N) is 3. The van der Waals surface area contributed by atoms with E-state index >= 15 is 0 Å². The number of rotatable bonds is 4. The SMILES string of the molecule is Cc1cc(NC(=O)CSc2nnc(C)s2)on1. The van der Waals surface area contributed by atoms with Gasteiger partial charge in [-0.1, -0.05) is 28.3 Å². The Hall–Kier alpha value is -1.41. The van der Waals surface area contributed by atoms with E-state index in [2.05, 4.69) is 20.7 Å². The lowest BCUT2D eigenvalue weighted by Gasteiger charge is -1.98. The summed E-state index contributed by atoms with van der Waals surface area (Å²) >= 11 is 2.81. The third-order valence-electron chi connectivity index (χ3n) is 1.72. The summed E-state index contributed by atoms with van der Waals surface area (Å²) in [6, 6.07) is 1.66. The minimum atomic E-state index is -0.154. The first-order chi connectivity index (χ1) is 8.13. The van der Waals surface area contributed by atoms with Crippen LogP contribution in [0.15, 0.2) is 14.9 Å². The van der Waals surface area contributed by atoms with Gasteiger partial charge in [0.15, 0.2) is 4.34 Å². The predicted molar refractivity (Wildman–Crippen MR) is 65.2 cm³/mol. The molecule has 90 valence electrons. The summed E-state index contributed by atoms with van der Waals surface area (Å²) in [6.45, 7) is 3.66. The number of hydrogen-bond donors (Lipinski definition) is 1. The van der Waals surface area contributed by atoms with Crippen LogP contribution in [0.5, 0.6) is 0 Å². The van der Waals surface area contributed by atoms with Crippen molar-refractivity contribution in [1.82, 2.24) is 15.4 Å². The molecule has 2 aromatic rings. The molecule has 6 nitrogen and oxygen atoms in total. The minimum absolute atomic E-state index is 0.154. The molecular formula is C9H10N4O2S2. The molecule has 0 fully saturated rings. The number of nitrogens with one attached hydrogen (secondary N) is 1. The molecule has 8 heteroatoms. The fraction of sp³-hybridized carbons (Fsp3) is 0.333. The van der Waals surface area contributed by atoms with E-state index in [9.17, 15) is 4.79 Å². The molecular weight excluding hydrogens is 260 g/mol. The van der Waals surface area contributed by atoms with Crippen molar-refractivity contribution in [3.05, 3.63) is 16.8 Å². The molecule has 0 bridgehead atoms. The van der Waals surface area contributed by atoms with Gasteiger partial charge in [0.2, 0.25) is 11.8 Å². The molecule has 0 saturated heterocycles. The molecule has 1 N–H and O–H groups in total. The zero-order valence-corrected chi connectivity index (χ0v) is 10.9. The summed E-state index contributed by atoms with van der Waals surface area (Å²) in [4.78, 5) is 11.5. The van der Waals surface area contributed by atoms with E-state index in [1.165, 1.54) is 23.1 Å². The van der Waals surface area contributed by atoms with Crippen LogP contribution in [0.2, 0.25) is 0 Å². The highest BCUT2D eigenvalue weighted by Gasteiger charge is 2.09. The van der Waals surface area contributed by atoms with Crippen molar-refractivity contribution in [1.29, 1.82) is 0 Å². The van der Waals surface area contributed by atoms with Crippen LogP contribution < -0.4 is 5.32 Å². The fourth-order valence-electron chi connectivity index (χ4n) is 1.06. The molecule has 0 spiro atoms. The van der Waals surface area contributed by atoms with E-state index in [0.717, 1.165) is 15.0 Å². The molecule has 0 radical (unpaired) electrons. The van der Waals surface area contributed by atoms with Crippen molar-refractivity contribution >= 4 is 34.9 Å². The summed E-state index contributed by atoms with van der Waals surface area (Å²) in [5.41, 5.74) is 0.729. The van der Waals surface area contributed by atoms with Crippen LogP contribution in [-0.2, 0) is 4.79 Å². The Morgan fingerprint density at radius 1 is 1.53 bits per heavy atom. The van der Waals surface area contributed by atoms with Crippen LogP contribution in [0.25, 0.3) is 0 Å². The molecule has 2 heterocycles. The Balaban J connectivity index is 1.82. The maximum absolute atomic E-state index is 11.5. The molecule has 0 aromatic carbocycles. The first-order valence-electron chi connectivity index (χ1n) is 4.79. The average Bonchev–Trinajstić information content (AvgIpc) is 2.85. The fourth-order valence-corrected chi connectivity index (χ4v) is 2.68. The van der Waals surface area contributed by atoms with E-state index in [0.29, 0.717) is 5.88 Å². The molecule has 2 rings (SSSR count). The topological polar surface area (TPSA) is 80.9 Å². The number of carbonyl (C=O) groups excluding carboxylic acids is 1. The largest absolute Gasteiger partial charge is 0.338 e. The van der Waals surface area contributed by atoms with E-state index in [1.54, 1.807) is 13.0 Å². The van der Waals surface area contributed by atoms with Gasteiger partial charge in [-0.25, -0.2) is 0 Å². The molecule has 0 aliphatic carbocycles. The number of aromatic nitrogens is 3. The van der Waals surface area contributed by atoms with Gasteiger partial charge in [-0.15, -0.1) is 10.2 Å². The van der Waals surface area contributed by atoms with Gasteiger partial charge >= 0.3 is 0 Å². The van der Waals surface area contributed by atoms with Crippen LogP contribution in [0.4, 0.5) is 5.88 Å². The van der Waals surface area contributed by atoms with Gasteiger partial charge in [-0.2, -0.15) is 0 Å². The van der Waals surface area contributed by atoms with Gasteiger partial charge in [0, 0.05) is 6.07 Å². The number of aryl methyl sites for hydroxylation is 2. The van der Waals surface area contributed by atoms with Crippen LogP contribution in [-0.4, -0.2) is 27.0 Å². The van der Waals surface area contributed by atoms with E-state index in [-0.39, 0.29) is 11.7 Å². The van der Waals surface area contributed by atoms with Gasteiger partial charge in [-0.05, 0) is 13.8 Å². The maximum atomic E-state index is 11.5. The quantitative estimate of drug-likeness (QED) is 0.854. The van der Waals surface area contributed by atoms with Gasteiger partial charge in [0.25, 0.3) is 0 Å². The number of anilines is 1. The lowest BCUT2D eigenvalue weighted by Crippen LogP contribution is -2.13. The third kappa shape index (κ3) is 3.53. The zero-order chi connectivity index (χ0) is 12.3. The van der Waals surface area contributed by atoms with Crippen LogP contribution in [0.1, 0.15) is 10.7 Å². The van der Waals surface area contributed by atoms with Crippen molar-refractivity contribution in [2.24, 2.45) is 0 Å². The first kappa shape index (κ1) is 12.1. The van der Waals surface area contributed by atoms with Gasteiger partial charge in [0.1, 0.15) is 5.01 Å². The summed E-state index contributed by atoms with van der Waals surface area (Å²) in [5, 5.41) is 15.0. The summed E-state index contributed by atoms with van der Waals surface area (Å²) in [5.74, 6) is 0.481. The van der Waals surface area contributed by atoms with Crippen molar-refractivity contribution in [3.63, 3.8) is 0 Å². The highest BCUT2D eigenvalue weighted by atomic mass is 32.2. The number of thioether (sulfide) groups is 1. The number of carbonyl (C=O) groups is 1. The summed E-state index contributed by atoms with van der Waals surface area (Å²) in [7, 11) is 0. The number of amides is 1. The van der Waals surface area contributed by atoms with E-state index < -0.39 is 0 Å². The Bertz CT molecular complexity index is 523. The summed E-state index contributed by atoms with van der Waals surface area (Å²) in [6.07, 6.45) is 0. The normalized spacial score (nSPS) is 10.5.